The Morgan fingerprint density at radius 2 is 2.17 bits per heavy atom. The first-order valence-electron chi connectivity index (χ1n) is 7.50. The van der Waals surface area contributed by atoms with Gasteiger partial charge in [0.05, 0.1) is 18.7 Å². The van der Waals surface area contributed by atoms with Gasteiger partial charge < -0.3 is 10.4 Å². The molecule has 1 amide bonds. The van der Waals surface area contributed by atoms with Gasteiger partial charge in [-0.25, -0.2) is 0 Å². The van der Waals surface area contributed by atoms with Crippen molar-refractivity contribution in [2.75, 3.05) is 13.2 Å². The van der Waals surface area contributed by atoms with E-state index in [2.05, 4.69) is 10.2 Å². The number of rotatable bonds is 3. The van der Waals surface area contributed by atoms with E-state index in [-0.39, 0.29) is 18.6 Å². The molecule has 0 aliphatic carbocycles. The number of nitrogens with zero attached hydrogens (tertiary/aromatic N) is 1. The summed E-state index contributed by atoms with van der Waals surface area (Å²) in [5.41, 5.74) is 1.11. The second-order valence-electron chi connectivity index (χ2n) is 5.83. The summed E-state index contributed by atoms with van der Waals surface area (Å²) < 4.78 is 21.9. The average Bonchev–Trinajstić information content (AvgIpc) is 2.52. The first-order chi connectivity index (χ1) is 11.0. The number of hydrogen-bond acceptors (Lipinski definition) is 6. The van der Waals surface area contributed by atoms with Gasteiger partial charge in [-0.05, 0) is 5.56 Å². The quantitative estimate of drug-likeness (QED) is 0.788. The van der Waals surface area contributed by atoms with Crippen LogP contribution in [0.15, 0.2) is 30.3 Å². The van der Waals surface area contributed by atoms with Crippen molar-refractivity contribution in [1.82, 2.24) is 10.2 Å². The van der Waals surface area contributed by atoms with Crippen LogP contribution in [0.4, 0.5) is 0 Å². The third-order valence-corrected chi connectivity index (χ3v) is 4.88. The summed E-state index contributed by atoms with van der Waals surface area (Å²) in [5.74, 6) is -0.222. The van der Waals surface area contributed by atoms with E-state index in [1.54, 1.807) is 0 Å². The van der Waals surface area contributed by atoms with Crippen LogP contribution >= 0.6 is 0 Å². The fraction of sp³-hybridized carbons (Fsp3) is 0.533. The fourth-order valence-electron chi connectivity index (χ4n) is 3.12. The summed E-state index contributed by atoms with van der Waals surface area (Å²) in [6, 6.07) is 9.19. The van der Waals surface area contributed by atoms with Crippen molar-refractivity contribution in [3.8, 4) is 0 Å². The third kappa shape index (κ3) is 3.78. The zero-order valence-electron chi connectivity index (χ0n) is 12.8. The topological polar surface area (TPSA) is 88.1 Å². The van der Waals surface area contributed by atoms with Crippen LogP contribution in [0.1, 0.15) is 12.5 Å². The largest absolute Gasteiger partial charge is 0.388 e. The zero-order chi connectivity index (χ0) is 16.4. The van der Waals surface area contributed by atoms with E-state index in [0.29, 0.717) is 13.1 Å². The molecule has 0 radical (unpaired) electrons. The van der Waals surface area contributed by atoms with Crippen LogP contribution < -0.4 is 5.32 Å². The van der Waals surface area contributed by atoms with Crippen molar-refractivity contribution in [3.63, 3.8) is 0 Å². The van der Waals surface area contributed by atoms with Gasteiger partial charge in [0.2, 0.25) is 5.91 Å². The summed E-state index contributed by atoms with van der Waals surface area (Å²) in [6.07, 6.45) is -1.59. The Kier molecular flexibility index (Phi) is 5.08. The Hall–Kier alpha value is -1.32. The Bertz CT molecular complexity index is 584. The lowest BCUT2D eigenvalue weighted by atomic mass is 9.91. The first-order valence-corrected chi connectivity index (χ1v) is 8.50. The van der Waals surface area contributed by atoms with E-state index < -0.39 is 29.6 Å². The number of hydrogen-bond donors (Lipinski definition) is 2. The van der Waals surface area contributed by atoms with Crippen molar-refractivity contribution in [1.29, 1.82) is 0 Å². The second kappa shape index (κ2) is 7.06. The normalized spacial score (nSPS) is 34.6. The van der Waals surface area contributed by atoms with Crippen LogP contribution in [-0.4, -0.2) is 57.6 Å². The van der Waals surface area contributed by atoms with E-state index >= 15 is 0 Å². The lowest BCUT2D eigenvalue weighted by molar-refractivity contribution is -0.129. The molecule has 126 valence electrons. The van der Waals surface area contributed by atoms with E-state index in [9.17, 15) is 14.1 Å². The molecular formula is C15H20N2O5S. The van der Waals surface area contributed by atoms with Gasteiger partial charge in [0.1, 0.15) is 12.2 Å². The fourth-order valence-corrected chi connectivity index (χ4v) is 3.85. The van der Waals surface area contributed by atoms with Crippen molar-refractivity contribution in [2.24, 2.45) is 0 Å². The number of piperidine rings is 1. The maximum atomic E-state index is 11.5. The van der Waals surface area contributed by atoms with E-state index in [4.69, 9.17) is 8.37 Å². The number of fused-ring (bicyclic) bond motifs is 1. The molecule has 1 unspecified atom stereocenters. The number of benzene rings is 1. The molecule has 3 rings (SSSR count). The summed E-state index contributed by atoms with van der Waals surface area (Å²) in [6.45, 7) is 2.72. The molecule has 2 heterocycles. The first kappa shape index (κ1) is 16.5. The smallest absolute Gasteiger partial charge is 0.305 e. The minimum absolute atomic E-state index is 0.215. The molecule has 2 saturated heterocycles. The second-order valence-corrected chi connectivity index (χ2v) is 6.67. The highest BCUT2D eigenvalue weighted by molar-refractivity contribution is 7.75. The summed E-state index contributed by atoms with van der Waals surface area (Å²) >= 11 is -1.87. The maximum absolute atomic E-state index is 11.5. The van der Waals surface area contributed by atoms with E-state index in [1.807, 2.05) is 30.3 Å². The van der Waals surface area contributed by atoms with Crippen LogP contribution in [0.3, 0.4) is 0 Å². The molecule has 5 atom stereocenters. The molecule has 0 bridgehead atoms. The average molecular weight is 340 g/mol. The Morgan fingerprint density at radius 1 is 1.43 bits per heavy atom. The molecule has 8 heteroatoms. The molecule has 7 nitrogen and oxygen atoms in total. The van der Waals surface area contributed by atoms with Gasteiger partial charge in [-0.15, -0.1) is 0 Å². The van der Waals surface area contributed by atoms with Gasteiger partial charge in [-0.2, -0.15) is 4.21 Å². The van der Waals surface area contributed by atoms with Gasteiger partial charge in [0.15, 0.2) is 0 Å². The molecule has 2 aliphatic heterocycles. The van der Waals surface area contributed by atoms with Crippen LogP contribution in [0.2, 0.25) is 0 Å². The zero-order valence-corrected chi connectivity index (χ0v) is 13.6. The molecule has 1 aromatic rings. The number of nitrogens with one attached hydrogen (secondary N) is 1. The van der Waals surface area contributed by atoms with Crippen LogP contribution in [0, 0.1) is 0 Å². The number of amides is 1. The number of aliphatic hydroxyl groups excluding tert-OH is 1. The monoisotopic (exact) mass is 340 g/mol. The molecule has 2 N–H and O–H groups in total. The Labute approximate surface area is 137 Å². The molecule has 0 saturated carbocycles. The van der Waals surface area contributed by atoms with E-state index in [0.717, 1.165) is 5.56 Å². The third-order valence-electron chi connectivity index (χ3n) is 4.17. The minimum atomic E-state index is -1.87. The molecular weight excluding hydrogens is 320 g/mol. The van der Waals surface area contributed by atoms with Gasteiger partial charge in [0, 0.05) is 20.0 Å². The lowest BCUT2D eigenvalue weighted by Crippen LogP contribution is -2.68. The Balaban J connectivity index is 1.81. The number of carbonyl (C=O) groups excluding carboxylic acids is 1. The highest BCUT2D eigenvalue weighted by Gasteiger charge is 2.47. The predicted molar refractivity (Wildman–Crippen MR) is 83.2 cm³/mol. The molecule has 23 heavy (non-hydrogen) atoms. The van der Waals surface area contributed by atoms with Crippen LogP contribution in [0.5, 0.6) is 0 Å². The van der Waals surface area contributed by atoms with E-state index in [1.165, 1.54) is 6.92 Å². The molecule has 1 aromatic carbocycles. The summed E-state index contributed by atoms with van der Waals surface area (Å²) in [4.78, 5) is 13.5. The van der Waals surface area contributed by atoms with Gasteiger partial charge in [-0.1, -0.05) is 30.3 Å². The lowest BCUT2D eigenvalue weighted by Gasteiger charge is -2.48. The highest BCUT2D eigenvalue weighted by Crippen LogP contribution is 2.28. The van der Waals surface area contributed by atoms with Gasteiger partial charge in [-0.3, -0.25) is 18.1 Å². The molecule has 0 spiro atoms. The van der Waals surface area contributed by atoms with Crippen LogP contribution in [0.25, 0.3) is 0 Å². The maximum Gasteiger partial charge on any atom is 0.305 e. The van der Waals surface area contributed by atoms with Crippen LogP contribution in [-0.2, 0) is 31.1 Å². The summed E-state index contributed by atoms with van der Waals surface area (Å²) in [7, 11) is 0. The van der Waals surface area contributed by atoms with Crippen molar-refractivity contribution >= 4 is 17.3 Å². The Morgan fingerprint density at radius 3 is 2.87 bits per heavy atom. The van der Waals surface area contributed by atoms with Gasteiger partial charge in [0.25, 0.3) is 0 Å². The van der Waals surface area contributed by atoms with Crippen molar-refractivity contribution < 1.29 is 22.5 Å². The van der Waals surface area contributed by atoms with Crippen molar-refractivity contribution in [2.45, 2.75) is 37.8 Å². The van der Waals surface area contributed by atoms with Crippen molar-refractivity contribution in [3.05, 3.63) is 35.9 Å². The molecule has 0 aromatic heterocycles. The number of carbonyl (C=O) groups is 1. The molecule has 2 fully saturated rings. The van der Waals surface area contributed by atoms with Gasteiger partial charge >= 0.3 is 11.4 Å². The summed E-state index contributed by atoms with van der Waals surface area (Å²) in [5, 5.41) is 13.2. The highest BCUT2D eigenvalue weighted by atomic mass is 32.2. The molecule has 2 aliphatic rings. The number of aliphatic hydroxyl groups is 1. The number of likely N-dealkylation sites (tertiary alicyclic amines) is 1. The predicted octanol–water partition coefficient (Wildman–Crippen LogP) is -0.270. The SMILES string of the molecule is CC(=O)N[C@H]1CN(Cc2ccccc2)[C@@H]2COS(=O)O[C@H]2[C@@H]1O. The minimum Gasteiger partial charge on any atom is -0.388 e. The standard InChI is InChI=1S/C15H20N2O5S/c1-10(18)16-12-8-17(7-11-5-3-2-4-6-11)13-9-21-23(20)22-15(13)14(12)19/h2-6,12-15,19H,7-9H2,1H3,(H,16,18)/t12-,13+,14+,15+,23?/m0/s1.